The summed E-state index contributed by atoms with van der Waals surface area (Å²) in [4.78, 5) is 50.8. The first-order valence-corrected chi connectivity index (χ1v) is 11.3. The van der Waals surface area contributed by atoms with Crippen molar-refractivity contribution in [2.45, 2.75) is 44.6 Å². The third-order valence-corrected chi connectivity index (χ3v) is 7.15. The molecule has 0 radical (unpaired) electrons. The summed E-state index contributed by atoms with van der Waals surface area (Å²) < 4.78 is 11.6. The molecule has 0 N–H and O–H groups in total. The Hall–Kier alpha value is -2.41. The summed E-state index contributed by atoms with van der Waals surface area (Å²) in [5.41, 5.74) is -0.631. The van der Waals surface area contributed by atoms with E-state index in [1.54, 1.807) is 27.8 Å². The zero-order valence-electron chi connectivity index (χ0n) is 17.8. The van der Waals surface area contributed by atoms with E-state index in [-0.39, 0.29) is 29.2 Å². The van der Waals surface area contributed by atoms with Crippen molar-refractivity contribution in [1.82, 2.24) is 25.1 Å². The number of carbonyl (C=O) groups excluding carboxylic acids is 4. The highest BCUT2D eigenvalue weighted by atomic mass is 32.2. The highest BCUT2D eigenvalue weighted by molar-refractivity contribution is 8.06. The van der Waals surface area contributed by atoms with Gasteiger partial charge >= 0.3 is 11.9 Å². The maximum absolute atomic E-state index is 12.8. The molecule has 3 rings (SSSR count). The molecule has 168 valence electrons. The number of ether oxygens (including phenoxy) is 2. The summed E-state index contributed by atoms with van der Waals surface area (Å²) in [6, 6.07) is 0. The smallest absolute Gasteiger partial charge is 0.358 e. The van der Waals surface area contributed by atoms with Crippen molar-refractivity contribution in [1.29, 1.82) is 0 Å². The van der Waals surface area contributed by atoms with Crippen LogP contribution >= 0.6 is 23.5 Å². The molecule has 0 aromatic carbocycles. The number of esters is 2. The Labute approximate surface area is 187 Å². The molecule has 2 aliphatic heterocycles. The molecule has 1 aromatic rings. The zero-order valence-corrected chi connectivity index (χ0v) is 19.4. The molecule has 0 unspecified atom stereocenters. The van der Waals surface area contributed by atoms with Gasteiger partial charge in [0.1, 0.15) is 11.5 Å². The number of nitrogens with zero attached hydrogens (tertiary/aromatic N) is 5. The van der Waals surface area contributed by atoms with Crippen molar-refractivity contribution in [3.63, 3.8) is 0 Å². The molecule has 0 bridgehead atoms. The average Bonchev–Trinajstić information content (AvgIpc) is 3.24. The highest BCUT2D eigenvalue weighted by Crippen LogP contribution is 2.51. The molecule has 3 heterocycles. The van der Waals surface area contributed by atoms with Crippen molar-refractivity contribution in [2.24, 2.45) is 18.4 Å². The summed E-state index contributed by atoms with van der Waals surface area (Å²) in [5, 5.41) is 11.4. The van der Waals surface area contributed by atoms with Gasteiger partial charge in [-0.25, -0.2) is 9.48 Å². The van der Waals surface area contributed by atoms with Gasteiger partial charge in [-0.3, -0.25) is 14.5 Å². The average molecular weight is 470 g/mol. The number of carbonyl (C=O) groups is 4. The predicted octanol–water partition coefficient (Wildman–Crippen LogP) is 1.11. The molecule has 2 aliphatic rings. The maximum atomic E-state index is 12.8. The van der Waals surface area contributed by atoms with Crippen LogP contribution < -0.4 is 0 Å². The Bertz CT molecular complexity index is 953. The Kier molecular flexibility index (Phi) is 6.74. The number of rotatable bonds is 8. The second kappa shape index (κ2) is 8.99. The molecule has 11 nitrogen and oxygen atoms in total. The van der Waals surface area contributed by atoms with Crippen LogP contribution in [-0.2, 0) is 35.7 Å². The lowest BCUT2D eigenvalue weighted by Gasteiger charge is -2.42. The molecule has 0 spiro atoms. The first-order valence-electron chi connectivity index (χ1n) is 9.42. The number of β-lactam (4-membered cyclic amide) rings is 1. The molecule has 0 aliphatic carbocycles. The van der Waals surface area contributed by atoms with Gasteiger partial charge in [0.05, 0.1) is 16.7 Å². The third-order valence-electron chi connectivity index (χ3n) is 4.53. The first kappa shape index (κ1) is 23.3. The predicted molar refractivity (Wildman–Crippen MR) is 110 cm³/mol. The Morgan fingerprint density at radius 2 is 1.94 bits per heavy atom. The van der Waals surface area contributed by atoms with Crippen LogP contribution in [0.1, 0.15) is 34.1 Å². The minimum absolute atomic E-state index is 0.0928. The van der Waals surface area contributed by atoms with Gasteiger partial charge in [-0.05, 0) is 38.1 Å². The van der Waals surface area contributed by atoms with Crippen LogP contribution in [-0.4, -0.2) is 66.7 Å². The lowest BCUT2D eigenvalue weighted by atomic mass is 9.92. The van der Waals surface area contributed by atoms with Crippen molar-refractivity contribution in [3.05, 3.63) is 10.6 Å². The van der Waals surface area contributed by atoms with E-state index >= 15 is 0 Å². The fourth-order valence-corrected chi connectivity index (χ4v) is 5.38. The normalized spacial score (nSPS) is 20.4. The first-order chi connectivity index (χ1) is 14.5. The summed E-state index contributed by atoms with van der Waals surface area (Å²) in [5.74, 6) is -1.82. The van der Waals surface area contributed by atoms with Crippen LogP contribution in [0.25, 0.3) is 0 Å². The van der Waals surface area contributed by atoms with Crippen LogP contribution in [0.3, 0.4) is 0 Å². The van der Waals surface area contributed by atoms with Gasteiger partial charge in [-0.2, -0.15) is 0 Å². The molecular formula is C18H23N5O6S2. The molecule has 1 amide bonds. The summed E-state index contributed by atoms with van der Waals surface area (Å²) in [7, 11) is 1.69. The SMILES string of the molecule is CC(=O)C[C@H]1C(=O)N2C(C(=O)OCOC(=O)C(C)(C)C)=C(CSc3nnnn3C)S[C@H]12. The van der Waals surface area contributed by atoms with E-state index in [1.165, 1.54) is 40.0 Å². The number of hydrogen-bond donors (Lipinski definition) is 0. The number of ketones is 1. The van der Waals surface area contributed by atoms with Gasteiger partial charge in [-0.15, -0.1) is 16.9 Å². The number of hydrogen-bond acceptors (Lipinski definition) is 11. The maximum Gasteiger partial charge on any atom is 0.358 e. The number of amides is 1. The van der Waals surface area contributed by atoms with E-state index in [2.05, 4.69) is 15.5 Å². The minimum Gasteiger partial charge on any atom is -0.427 e. The number of thioether (sulfide) groups is 2. The van der Waals surface area contributed by atoms with Gasteiger partial charge in [-0.1, -0.05) is 11.8 Å². The second-order valence-electron chi connectivity index (χ2n) is 8.11. The molecule has 13 heteroatoms. The van der Waals surface area contributed by atoms with Crippen molar-refractivity contribution < 1.29 is 28.7 Å². The number of aryl methyl sites for hydroxylation is 1. The van der Waals surface area contributed by atoms with Crippen LogP contribution in [0.2, 0.25) is 0 Å². The molecular weight excluding hydrogens is 446 g/mol. The molecule has 1 aromatic heterocycles. The van der Waals surface area contributed by atoms with Crippen molar-refractivity contribution >= 4 is 47.2 Å². The summed E-state index contributed by atoms with van der Waals surface area (Å²) in [6.07, 6.45) is 0.117. The Morgan fingerprint density at radius 1 is 1.23 bits per heavy atom. The molecule has 1 saturated heterocycles. The fraction of sp³-hybridized carbons (Fsp3) is 0.611. The number of fused-ring (bicyclic) bond motifs is 1. The largest absolute Gasteiger partial charge is 0.427 e. The Balaban J connectivity index is 1.73. The quantitative estimate of drug-likeness (QED) is 0.235. The van der Waals surface area contributed by atoms with Gasteiger partial charge in [0.25, 0.3) is 0 Å². The van der Waals surface area contributed by atoms with Crippen LogP contribution in [0.5, 0.6) is 0 Å². The second-order valence-corrected chi connectivity index (χ2v) is 10.3. The molecule has 1 fully saturated rings. The fourth-order valence-electron chi connectivity index (χ4n) is 2.94. The van der Waals surface area contributed by atoms with Crippen LogP contribution in [0.4, 0.5) is 0 Å². The van der Waals surface area contributed by atoms with Gasteiger partial charge in [0.2, 0.25) is 17.9 Å². The monoisotopic (exact) mass is 469 g/mol. The van der Waals surface area contributed by atoms with Crippen LogP contribution in [0.15, 0.2) is 15.8 Å². The van der Waals surface area contributed by atoms with Crippen LogP contribution in [0, 0.1) is 11.3 Å². The van der Waals surface area contributed by atoms with E-state index in [0.29, 0.717) is 15.8 Å². The van der Waals surface area contributed by atoms with E-state index in [0.717, 1.165) is 0 Å². The lowest BCUT2D eigenvalue weighted by Crippen LogP contribution is -2.57. The zero-order chi connectivity index (χ0) is 22.9. The number of Topliss-reactive ketones (excluding diaryl/α,β-unsaturated/α-hetero) is 1. The lowest BCUT2D eigenvalue weighted by molar-refractivity contribution is -0.173. The van der Waals surface area contributed by atoms with E-state index in [4.69, 9.17) is 9.47 Å². The van der Waals surface area contributed by atoms with Crippen molar-refractivity contribution in [3.8, 4) is 0 Å². The van der Waals surface area contributed by atoms with E-state index in [1.807, 2.05) is 0 Å². The van der Waals surface area contributed by atoms with Crippen molar-refractivity contribution in [2.75, 3.05) is 12.5 Å². The number of aromatic nitrogens is 4. The molecule has 2 atom stereocenters. The minimum atomic E-state index is -0.766. The third kappa shape index (κ3) is 4.92. The van der Waals surface area contributed by atoms with Gasteiger partial charge < -0.3 is 14.3 Å². The summed E-state index contributed by atoms with van der Waals surface area (Å²) >= 11 is 2.65. The summed E-state index contributed by atoms with van der Waals surface area (Å²) in [6.45, 7) is 5.92. The van der Waals surface area contributed by atoms with E-state index in [9.17, 15) is 19.2 Å². The molecule has 31 heavy (non-hydrogen) atoms. The highest BCUT2D eigenvalue weighted by Gasteiger charge is 2.56. The Morgan fingerprint density at radius 3 is 2.52 bits per heavy atom. The number of tetrazole rings is 1. The van der Waals surface area contributed by atoms with Gasteiger partial charge in [0.15, 0.2) is 0 Å². The molecule has 0 saturated carbocycles. The van der Waals surface area contributed by atoms with Gasteiger partial charge in [0, 0.05) is 24.1 Å². The standard InChI is InChI=1S/C18H23N5O6S2/c1-9(24)6-10-13(25)23-12(15(26)28-8-29-16(27)18(2,3)4)11(31-14(10)23)7-30-17-19-20-21-22(17)5/h10,14H,6-8H2,1-5H3/t10-,14+/m0/s1. The topological polar surface area (TPSA) is 134 Å². The van der Waals surface area contributed by atoms with E-state index < -0.39 is 30.1 Å².